The summed E-state index contributed by atoms with van der Waals surface area (Å²) < 4.78 is 0. The number of rotatable bonds is 3. The summed E-state index contributed by atoms with van der Waals surface area (Å²) in [5.41, 5.74) is 5.70. The number of carbonyl (C=O) groups is 1. The molecule has 3 nitrogen and oxygen atoms in total. The van der Waals surface area contributed by atoms with Crippen molar-refractivity contribution in [3.63, 3.8) is 0 Å². The highest BCUT2D eigenvalue weighted by Gasteiger charge is 2.28. The van der Waals surface area contributed by atoms with Gasteiger partial charge in [-0.1, -0.05) is 33.6 Å². The van der Waals surface area contributed by atoms with Crippen LogP contribution in [0.2, 0.25) is 0 Å². The van der Waals surface area contributed by atoms with Crippen molar-refractivity contribution in [2.24, 2.45) is 17.6 Å². The monoisotopic (exact) mass is 212 g/mol. The smallest absolute Gasteiger partial charge is 0.237 e. The van der Waals surface area contributed by atoms with Crippen molar-refractivity contribution in [2.75, 3.05) is 0 Å². The molecule has 4 unspecified atom stereocenters. The van der Waals surface area contributed by atoms with E-state index in [2.05, 4.69) is 19.2 Å². The Morgan fingerprint density at radius 3 is 2.73 bits per heavy atom. The van der Waals surface area contributed by atoms with E-state index in [0.717, 1.165) is 6.42 Å². The third-order valence-electron chi connectivity index (χ3n) is 3.81. The van der Waals surface area contributed by atoms with Crippen molar-refractivity contribution in [2.45, 2.75) is 58.5 Å². The van der Waals surface area contributed by atoms with Gasteiger partial charge in [0, 0.05) is 6.04 Å². The molecule has 1 aliphatic carbocycles. The quantitative estimate of drug-likeness (QED) is 0.747. The standard InChI is InChI=1S/C12H24N2O/c1-4-10(13)12(15)14-11-7-5-6-8(2)9(11)3/h8-11H,4-7,13H2,1-3H3,(H,14,15). The Morgan fingerprint density at radius 2 is 2.13 bits per heavy atom. The predicted octanol–water partition coefficient (Wildman–Crippen LogP) is 1.66. The van der Waals surface area contributed by atoms with E-state index in [9.17, 15) is 4.79 Å². The van der Waals surface area contributed by atoms with Gasteiger partial charge in [-0.05, 0) is 24.7 Å². The summed E-state index contributed by atoms with van der Waals surface area (Å²) >= 11 is 0. The average molecular weight is 212 g/mol. The molecule has 15 heavy (non-hydrogen) atoms. The average Bonchev–Trinajstić information content (AvgIpc) is 2.23. The minimum Gasteiger partial charge on any atom is -0.352 e. The molecule has 0 aromatic heterocycles. The van der Waals surface area contributed by atoms with Crippen LogP contribution in [0.15, 0.2) is 0 Å². The van der Waals surface area contributed by atoms with E-state index >= 15 is 0 Å². The maximum Gasteiger partial charge on any atom is 0.237 e. The van der Waals surface area contributed by atoms with E-state index in [4.69, 9.17) is 5.73 Å². The SMILES string of the molecule is CCC(N)C(=O)NC1CCCC(C)C1C. The fourth-order valence-corrected chi connectivity index (χ4v) is 2.26. The minimum absolute atomic E-state index is 0.0171. The topological polar surface area (TPSA) is 55.1 Å². The lowest BCUT2D eigenvalue weighted by atomic mass is 9.78. The van der Waals surface area contributed by atoms with Crippen LogP contribution in [0.4, 0.5) is 0 Å². The molecular formula is C12H24N2O. The van der Waals surface area contributed by atoms with E-state index in [1.54, 1.807) is 0 Å². The first kappa shape index (κ1) is 12.5. The zero-order valence-corrected chi connectivity index (χ0v) is 10.1. The van der Waals surface area contributed by atoms with Gasteiger partial charge in [0.05, 0.1) is 6.04 Å². The van der Waals surface area contributed by atoms with Crippen LogP contribution in [0.1, 0.15) is 46.5 Å². The Labute approximate surface area is 92.8 Å². The fraction of sp³-hybridized carbons (Fsp3) is 0.917. The highest BCUT2D eigenvalue weighted by atomic mass is 16.2. The van der Waals surface area contributed by atoms with Crippen LogP contribution in [-0.4, -0.2) is 18.0 Å². The number of nitrogens with one attached hydrogen (secondary N) is 1. The number of hydrogen-bond donors (Lipinski definition) is 2. The molecule has 0 radical (unpaired) electrons. The second-order valence-electron chi connectivity index (χ2n) is 4.90. The van der Waals surface area contributed by atoms with Gasteiger partial charge >= 0.3 is 0 Å². The maximum absolute atomic E-state index is 11.7. The summed E-state index contributed by atoms with van der Waals surface area (Å²) in [7, 11) is 0. The van der Waals surface area contributed by atoms with Gasteiger partial charge in [0.1, 0.15) is 0 Å². The molecule has 0 aromatic carbocycles. The lowest BCUT2D eigenvalue weighted by Gasteiger charge is -2.35. The van der Waals surface area contributed by atoms with Crippen molar-refractivity contribution >= 4 is 5.91 Å². The van der Waals surface area contributed by atoms with Crippen molar-refractivity contribution in [1.29, 1.82) is 0 Å². The van der Waals surface area contributed by atoms with Gasteiger partial charge in [-0.15, -0.1) is 0 Å². The summed E-state index contributed by atoms with van der Waals surface area (Å²) in [6, 6.07) is -0.00622. The summed E-state index contributed by atoms with van der Waals surface area (Å²) in [6.07, 6.45) is 4.32. The molecule has 4 atom stereocenters. The van der Waals surface area contributed by atoms with Crippen LogP contribution in [0, 0.1) is 11.8 Å². The zero-order chi connectivity index (χ0) is 11.4. The molecule has 0 heterocycles. The molecule has 1 aliphatic rings. The molecular weight excluding hydrogens is 188 g/mol. The van der Waals surface area contributed by atoms with E-state index in [1.807, 2.05) is 6.92 Å². The van der Waals surface area contributed by atoms with Crippen LogP contribution in [-0.2, 0) is 4.79 Å². The number of carbonyl (C=O) groups excluding carboxylic acids is 1. The van der Waals surface area contributed by atoms with Gasteiger partial charge in [-0.2, -0.15) is 0 Å². The van der Waals surface area contributed by atoms with Gasteiger partial charge < -0.3 is 11.1 Å². The molecule has 1 rings (SSSR count). The van der Waals surface area contributed by atoms with Crippen molar-refractivity contribution in [1.82, 2.24) is 5.32 Å². The van der Waals surface area contributed by atoms with E-state index in [1.165, 1.54) is 12.8 Å². The van der Waals surface area contributed by atoms with Gasteiger partial charge in [-0.25, -0.2) is 0 Å². The maximum atomic E-state index is 11.7. The van der Waals surface area contributed by atoms with Crippen LogP contribution >= 0.6 is 0 Å². The molecule has 0 aromatic rings. The van der Waals surface area contributed by atoms with Crippen LogP contribution in [0.25, 0.3) is 0 Å². The Hall–Kier alpha value is -0.570. The molecule has 3 N–H and O–H groups in total. The molecule has 0 bridgehead atoms. The first-order valence-electron chi connectivity index (χ1n) is 6.12. The minimum atomic E-state index is -0.338. The van der Waals surface area contributed by atoms with E-state index < -0.39 is 0 Å². The Morgan fingerprint density at radius 1 is 1.47 bits per heavy atom. The predicted molar refractivity (Wildman–Crippen MR) is 62.4 cm³/mol. The molecule has 1 saturated carbocycles. The van der Waals surface area contributed by atoms with Gasteiger partial charge in [0.25, 0.3) is 0 Å². The molecule has 88 valence electrons. The van der Waals surface area contributed by atoms with Gasteiger partial charge in [0.15, 0.2) is 0 Å². The summed E-state index contributed by atoms with van der Waals surface area (Å²) in [5, 5.41) is 3.09. The largest absolute Gasteiger partial charge is 0.352 e. The zero-order valence-electron chi connectivity index (χ0n) is 10.1. The van der Waals surface area contributed by atoms with E-state index in [0.29, 0.717) is 24.3 Å². The second-order valence-corrected chi connectivity index (χ2v) is 4.90. The molecule has 0 spiro atoms. The van der Waals surface area contributed by atoms with Crippen molar-refractivity contribution < 1.29 is 4.79 Å². The highest BCUT2D eigenvalue weighted by Crippen LogP contribution is 2.29. The highest BCUT2D eigenvalue weighted by molar-refractivity contribution is 5.81. The first-order valence-corrected chi connectivity index (χ1v) is 6.12. The lowest BCUT2D eigenvalue weighted by Crippen LogP contribution is -2.49. The normalized spacial score (nSPS) is 33.5. The van der Waals surface area contributed by atoms with Gasteiger partial charge in [0.2, 0.25) is 5.91 Å². The molecule has 1 fully saturated rings. The summed E-state index contributed by atoms with van der Waals surface area (Å²) in [4.78, 5) is 11.7. The first-order chi connectivity index (χ1) is 7.06. The Kier molecular flexibility index (Phi) is 4.58. The van der Waals surface area contributed by atoms with Crippen LogP contribution < -0.4 is 11.1 Å². The summed E-state index contributed by atoms with van der Waals surface area (Å²) in [6.45, 7) is 6.44. The molecule has 1 amide bonds. The Balaban J connectivity index is 2.46. The van der Waals surface area contributed by atoms with E-state index in [-0.39, 0.29) is 11.9 Å². The number of nitrogens with two attached hydrogens (primary N) is 1. The molecule has 0 saturated heterocycles. The fourth-order valence-electron chi connectivity index (χ4n) is 2.26. The van der Waals surface area contributed by atoms with Crippen LogP contribution in [0.5, 0.6) is 0 Å². The van der Waals surface area contributed by atoms with Crippen molar-refractivity contribution in [3.05, 3.63) is 0 Å². The molecule has 0 aliphatic heterocycles. The number of amides is 1. The lowest BCUT2D eigenvalue weighted by molar-refractivity contribution is -0.123. The third kappa shape index (κ3) is 3.20. The second kappa shape index (κ2) is 5.50. The molecule has 3 heteroatoms. The van der Waals surface area contributed by atoms with Crippen molar-refractivity contribution in [3.8, 4) is 0 Å². The Bertz CT molecular complexity index is 218. The van der Waals surface area contributed by atoms with Gasteiger partial charge in [-0.3, -0.25) is 4.79 Å². The number of hydrogen-bond acceptors (Lipinski definition) is 2. The summed E-state index contributed by atoms with van der Waals surface area (Å²) in [5.74, 6) is 1.30. The third-order valence-corrected chi connectivity index (χ3v) is 3.81. The van der Waals surface area contributed by atoms with Crippen LogP contribution in [0.3, 0.4) is 0 Å².